The number of halogens is 1. The number of pyridine rings is 1. The summed E-state index contributed by atoms with van der Waals surface area (Å²) in [6.07, 6.45) is 4.07. The molecule has 1 atom stereocenters. The molecule has 1 aliphatic heterocycles. The molecule has 0 bridgehead atoms. The average molecular weight is 330 g/mol. The van der Waals surface area contributed by atoms with Gasteiger partial charge in [-0.05, 0) is 35.4 Å². The molecule has 1 aromatic heterocycles. The zero-order chi connectivity index (χ0) is 16.2. The number of aromatic nitrogens is 1. The summed E-state index contributed by atoms with van der Waals surface area (Å²) in [6, 6.07) is 12.0. The minimum absolute atomic E-state index is 0.0751. The summed E-state index contributed by atoms with van der Waals surface area (Å²) in [4.78, 5) is 20.6. The zero-order valence-corrected chi connectivity index (χ0v) is 13.9. The van der Waals surface area contributed by atoms with Crippen molar-refractivity contribution in [1.29, 1.82) is 0 Å². The van der Waals surface area contributed by atoms with Gasteiger partial charge in [-0.1, -0.05) is 23.7 Å². The average Bonchev–Trinajstić information content (AvgIpc) is 2.71. The second kappa shape index (κ2) is 7.11. The molecule has 0 radical (unpaired) electrons. The number of amides is 1. The predicted molar refractivity (Wildman–Crippen MR) is 91.1 cm³/mol. The highest BCUT2D eigenvalue weighted by atomic mass is 35.5. The standard InChI is InChI=1S/C18H20ClN3O/c1-21-10-11-22(13-14-2-4-16(19)5-3-14)17(12-18(21)23)15-6-8-20-9-7-15/h2-9,17H,10-13H2,1H3. The van der Waals surface area contributed by atoms with Crippen LogP contribution in [0, 0.1) is 0 Å². The van der Waals surface area contributed by atoms with E-state index in [1.165, 1.54) is 5.56 Å². The highest BCUT2D eigenvalue weighted by molar-refractivity contribution is 6.30. The van der Waals surface area contributed by atoms with Crippen molar-refractivity contribution in [3.63, 3.8) is 0 Å². The highest BCUT2D eigenvalue weighted by Gasteiger charge is 2.28. The number of likely N-dealkylation sites (N-methyl/N-ethyl adjacent to an activating group) is 1. The Morgan fingerprint density at radius 2 is 1.83 bits per heavy atom. The summed E-state index contributed by atoms with van der Waals surface area (Å²) in [5, 5.41) is 0.741. The van der Waals surface area contributed by atoms with Crippen LogP contribution in [0.3, 0.4) is 0 Å². The predicted octanol–water partition coefficient (Wildman–Crippen LogP) is 3.14. The van der Waals surface area contributed by atoms with Gasteiger partial charge < -0.3 is 4.90 Å². The van der Waals surface area contributed by atoms with Crippen molar-refractivity contribution in [3.8, 4) is 0 Å². The summed E-state index contributed by atoms with van der Waals surface area (Å²) in [5.74, 6) is 0.186. The molecule has 1 aliphatic rings. The fourth-order valence-corrected chi connectivity index (χ4v) is 3.06. The van der Waals surface area contributed by atoms with Crippen LogP contribution in [-0.4, -0.2) is 40.8 Å². The molecule has 120 valence electrons. The first-order chi connectivity index (χ1) is 11.1. The van der Waals surface area contributed by atoms with Crippen molar-refractivity contribution < 1.29 is 4.79 Å². The molecule has 1 aromatic carbocycles. The summed E-state index contributed by atoms with van der Waals surface area (Å²) in [7, 11) is 1.87. The first-order valence-corrected chi connectivity index (χ1v) is 8.13. The fraction of sp³-hybridized carbons (Fsp3) is 0.333. The molecule has 4 nitrogen and oxygen atoms in total. The van der Waals surface area contributed by atoms with E-state index >= 15 is 0 Å². The third-order valence-corrected chi connectivity index (χ3v) is 4.60. The van der Waals surface area contributed by atoms with Crippen molar-refractivity contribution in [2.24, 2.45) is 0 Å². The van der Waals surface area contributed by atoms with Gasteiger partial charge >= 0.3 is 0 Å². The Bertz CT molecular complexity index is 660. The number of carbonyl (C=O) groups is 1. The van der Waals surface area contributed by atoms with Crippen molar-refractivity contribution in [1.82, 2.24) is 14.8 Å². The van der Waals surface area contributed by atoms with Gasteiger partial charge in [-0.3, -0.25) is 14.7 Å². The van der Waals surface area contributed by atoms with Crippen molar-refractivity contribution in [3.05, 3.63) is 64.9 Å². The molecule has 1 fully saturated rings. The maximum Gasteiger partial charge on any atom is 0.224 e. The van der Waals surface area contributed by atoms with Crippen molar-refractivity contribution in [2.45, 2.75) is 19.0 Å². The Kier molecular flexibility index (Phi) is 4.94. The molecule has 0 aliphatic carbocycles. The van der Waals surface area contributed by atoms with Crippen molar-refractivity contribution in [2.75, 3.05) is 20.1 Å². The van der Waals surface area contributed by atoms with Gasteiger partial charge in [0.15, 0.2) is 0 Å². The van der Waals surface area contributed by atoms with Crippen LogP contribution in [0.25, 0.3) is 0 Å². The maximum absolute atomic E-state index is 12.3. The molecule has 5 heteroatoms. The summed E-state index contributed by atoms with van der Waals surface area (Å²) in [5.41, 5.74) is 2.34. The van der Waals surface area contributed by atoms with E-state index in [1.54, 1.807) is 12.4 Å². The second-order valence-electron chi connectivity index (χ2n) is 5.91. The van der Waals surface area contributed by atoms with Crippen LogP contribution >= 0.6 is 11.6 Å². The lowest BCUT2D eigenvalue weighted by atomic mass is 10.0. The van der Waals surface area contributed by atoms with Gasteiger partial charge in [0.25, 0.3) is 0 Å². The Balaban J connectivity index is 1.87. The van der Waals surface area contributed by atoms with Gasteiger partial charge in [0, 0.05) is 56.6 Å². The normalized spacial score (nSPS) is 19.7. The Labute approximate surface area is 141 Å². The van der Waals surface area contributed by atoms with Crippen molar-refractivity contribution >= 4 is 17.5 Å². The van der Waals surface area contributed by atoms with Gasteiger partial charge in [0.2, 0.25) is 5.91 Å². The van der Waals surface area contributed by atoms with E-state index in [0.29, 0.717) is 6.42 Å². The number of carbonyl (C=O) groups excluding carboxylic acids is 1. The number of benzene rings is 1. The first-order valence-electron chi connectivity index (χ1n) is 7.76. The van der Waals surface area contributed by atoms with Crippen LogP contribution in [0.15, 0.2) is 48.8 Å². The molecule has 2 heterocycles. The molecule has 0 saturated carbocycles. The van der Waals surface area contributed by atoms with Crippen LogP contribution in [0.1, 0.15) is 23.6 Å². The van der Waals surface area contributed by atoms with E-state index < -0.39 is 0 Å². The third-order valence-electron chi connectivity index (χ3n) is 4.35. The Morgan fingerprint density at radius 1 is 1.13 bits per heavy atom. The third kappa shape index (κ3) is 3.89. The number of rotatable bonds is 3. The van der Waals surface area contributed by atoms with Gasteiger partial charge in [-0.2, -0.15) is 0 Å². The van der Waals surface area contributed by atoms with Crippen LogP contribution in [0.5, 0.6) is 0 Å². The lowest BCUT2D eigenvalue weighted by molar-refractivity contribution is -0.129. The van der Waals surface area contributed by atoms with Gasteiger partial charge in [0.1, 0.15) is 0 Å². The summed E-state index contributed by atoms with van der Waals surface area (Å²) in [6.45, 7) is 2.39. The van der Waals surface area contributed by atoms with Gasteiger partial charge in [0.05, 0.1) is 0 Å². The van der Waals surface area contributed by atoms with E-state index in [2.05, 4.69) is 9.88 Å². The number of nitrogens with zero attached hydrogens (tertiary/aromatic N) is 3. The minimum atomic E-state index is 0.0751. The minimum Gasteiger partial charge on any atom is -0.344 e. The molecular formula is C18H20ClN3O. The molecule has 2 aromatic rings. The maximum atomic E-state index is 12.3. The van der Waals surface area contributed by atoms with Crippen LogP contribution in [-0.2, 0) is 11.3 Å². The molecule has 1 amide bonds. The Morgan fingerprint density at radius 3 is 2.52 bits per heavy atom. The smallest absolute Gasteiger partial charge is 0.224 e. The first kappa shape index (κ1) is 16.0. The van der Waals surface area contributed by atoms with E-state index in [1.807, 2.05) is 48.3 Å². The van der Waals surface area contributed by atoms with E-state index in [0.717, 1.165) is 30.2 Å². The Hall–Kier alpha value is -1.91. The van der Waals surface area contributed by atoms with E-state index in [9.17, 15) is 4.79 Å². The van der Waals surface area contributed by atoms with Gasteiger partial charge in [-0.15, -0.1) is 0 Å². The molecule has 0 spiro atoms. The molecule has 1 unspecified atom stereocenters. The SMILES string of the molecule is CN1CCN(Cc2ccc(Cl)cc2)C(c2ccncc2)CC1=O. The lowest BCUT2D eigenvalue weighted by Crippen LogP contribution is -2.31. The van der Waals surface area contributed by atoms with Crippen LogP contribution in [0.4, 0.5) is 0 Å². The monoisotopic (exact) mass is 329 g/mol. The number of hydrogen-bond donors (Lipinski definition) is 0. The topological polar surface area (TPSA) is 36.4 Å². The quantitative estimate of drug-likeness (QED) is 0.868. The van der Waals surface area contributed by atoms with E-state index in [4.69, 9.17) is 11.6 Å². The van der Waals surface area contributed by atoms with Gasteiger partial charge in [-0.25, -0.2) is 0 Å². The van der Waals surface area contributed by atoms with Crippen LogP contribution in [0.2, 0.25) is 5.02 Å². The molecule has 1 saturated heterocycles. The molecular weight excluding hydrogens is 310 g/mol. The lowest BCUT2D eigenvalue weighted by Gasteiger charge is -2.29. The zero-order valence-electron chi connectivity index (χ0n) is 13.2. The second-order valence-corrected chi connectivity index (χ2v) is 6.35. The van der Waals surface area contributed by atoms with E-state index in [-0.39, 0.29) is 11.9 Å². The molecule has 0 N–H and O–H groups in total. The molecule has 23 heavy (non-hydrogen) atoms. The summed E-state index contributed by atoms with van der Waals surface area (Å²) < 4.78 is 0. The van der Waals surface area contributed by atoms with Crippen LogP contribution < -0.4 is 0 Å². The largest absolute Gasteiger partial charge is 0.344 e. The molecule has 3 rings (SSSR count). The fourth-order valence-electron chi connectivity index (χ4n) is 2.94. The highest BCUT2D eigenvalue weighted by Crippen LogP contribution is 2.28. The summed E-state index contributed by atoms with van der Waals surface area (Å²) >= 11 is 5.97. The number of hydrogen-bond acceptors (Lipinski definition) is 3.